The predicted molar refractivity (Wildman–Crippen MR) is 45.5 cm³/mol. The molecular weight excluding hydrogens is 182 g/mol. The van der Waals surface area contributed by atoms with Crippen LogP contribution >= 0.6 is 12.6 Å². The highest BCUT2D eigenvalue weighted by atomic mass is 32.1. The van der Waals surface area contributed by atoms with Crippen molar-refractivity contribution in [2.45, 2.75) is 38.5 Å². The lowest BCUT2D eigenvalue weighted by molar-refractivity contribution is -0.126. The summed E-state index contributed by atoms with van der Waals surface area (Å²) >= 11 is 3.70. The largest absolute Gasteiger partial charge is 0.287 e. The summed E-state index contributed by atoms with van der Waals surface area (Å²) in [6.45, 7) is 1.71. The van der Waals surface area contributed by atoms with Gasteiger partial charge in [-0.2, -0.15) is 0 Å². The van der Waals surface area contributed by atoms with Crippen LogP contribution in [-0.2, 0) is 4.79 Å². The molecule has 0 aliphatic heterocycles. The van der Waals surface area contributed by atoms with E-state index < -0.39 is 11.3 Å². The van der Waals surface area contributed by atoms with Crippen LogP contribution in [0, 0.1) is 5.41 Å². The molecule has 12 heavy (non-hydrogen) atoms. The Morgan fingerprint density at radius 1 is 1.25 bits per heavy atom. The highest BCUT2D eigenvalue weighted by Crippen LogP contribution is 2.44. The molecule has 1 fully saturated rings. The lowest BCUT2D eigenvalue weighted by Crippen LogP contribution is -2.34. The van der Waals surface area contributed by atoms with Crippen LogP contribution in [0.25, 0.3) is 0 Å². The zero-order valence-corrected chi connectivity index (χ0v) is 7.83. The summed E-state index contributed by atoms with van der Waals surface area (Å²) in [4.78, 5) is 11.0. The minimum Gasteiger partial charge on any atom is -0.287 e. The van der Waals surface area contributed by atoms with Crippen LogP contribution in [0.1, 0.15) is 32.6 Å². The molecule has 0 aromatic heterocycles. The Bertz CT molecular complexity index is 193. The third-order valence-electron chi connectivity index (χ3n) is 2.60. The number of carbonyl (C=O) groups is 1. The number of carbonyl (C=O) groups excluding carboxylic acids is 1. The molecule has 0 amide bonds. The average molecular weight is 194 g/mol. The summed E-state index contributed by atoms with van der Waals surface area (Å²) in [6.07, 6.45) is 0.135. The summed E-state index contributed by atoms with van der Waals surface area (Å²) in [7, 11) is 0. The first kappa shape index (κ1) is 9.96. The van der Waals surface area contributed by atoms with Crippen molar-refractivity contribution in [3.8, 4) is 0 Å². The van der Waals surface area contributed by atoms with E-state index in [1.165, 1.54) is 0 Å². The first-order valence-electron chi connectivity index (χ1n) is 3.97. The van der Waals surface area contributed by atoms with Gasteiger partial charge in [0.25, 0.3) is 0 Å². The first-order chi connectivity index (χ1) is 5.36. The van der Waals surface area contributed by atoms with Crippen LogP contribution < -0.4 is 0 Å². The molecule has 1 aliphatic rings. The Morgan fingerprint density at radius 2 is 1.67 bits per heavy atom. The fraction of sp³-hybridized carbons (Fsp3) is 0.875. The van der Waals surface area contributed by atoms with Crippen LogP contribution in [0.5, 0.6) is 0 Å². The van der Waals surface area contributed by atoms with Gasteiger partial charge in [0.05, 0.1) is 0 Å². The van der Waals surface area contributed by atoms with Gasteiger partial charge in [-0.15, -0.1) is 12.6 Å². The number of halogens is 2. The summed E-state index contributed by atoms with van der Waals surface area (Å²) in [5.41, 5.74) is -0.620. The minimum absolute atomic E-state index is 0.185. The van der Waals surface area contributed by atoms with Crippen molar-refractivity contribution < 1.29 is 13.6 Å². The van der Waals surface area contributed by atoms with Crippen LogP contribution in [-0.4, -0.2) is 11.0 Å². The van der Waals surface area contributed by atoms with Crippen LogP contribution in [0.4, 0.5) is 8.78 Å². The summed E-state index contributed by atoms with van der Waals surface area (Å²) in [5, 5.41) is -0.266. The molecule has 70 valence electrons. The Labute approximate surface area is 75.9 Å². The highest BCUT2D eigenvalue weighted by Gasteiger charge is 2.43. The van der Waals surface area contributed by atoms with Crippen molar-refractivity contribution in [2.24, 2.45) is 5.41 Å². The van der Waals surface area contributed by atoms with Gasteiger partial charge in [0, 0.05) is 18.3 Å². The summed E-state index contributed by atoms with van der Waals surface area (Å²) < 4.78 is 25.3. The molecular formula is C8H12F2OS. The lowest BCUT2D eigenvalue weighted by Gasteiger charge is -2.34. The smallest absolute Gasteiger partial charge is 0.248 e. The van der Waals surface area contributed by atoms with E-state index in [1.54, 1.807) is 6.92 Å². The molecule has 0 atom stereocenters. The molecule has 1 rings (SSSR count). The van der Waals surface area contributed by atoms with E-state index in [0.717, 1.165) is 0 Å². The Kier molecular flexibility index (Phi) is 2.47. The third-order valence-corrected chi connectivity index (χ3v) is 3.14. The molecule has 1 saturated carbocycles. The van der Waals surface area contributed by atoms with Gasteiger partial charge < -0.3 is 0 Å². The van der Waals surface area contributed by atoms with Gasteiger partial charge in [-0.3, -0.25) is 4.79 Å². The minimum atomic E-state index is -2.57. The number of hydrogen-bond donors (Lipinski definition) is 1. The number of alkyl halides is 2. The van der Waals surface area contributed by atoms with Gasteiger partial charge in [0.15, 0.2) is 5.12 Å². The second kappa shape index (κ2) is 2.98. The lowest BCUT2D eigenvalue weighted by atomic mass is 9.75. The van der Waals surface area contributed by atoms with Crippen molar-refractivity contribution in [1.82, 2.24) is 0 Å². The molecule has 0 spiro atoms. The van der Waals surface area contributed by atoms with Crippen molar-refractivity contribution >= 4 is 17.7 Å². The topological polar surface area (TPSA) is 17.1 Å². The Hall–Kier alpha value is -0.120. The molecule has 0 N–H and O–H groups in total. The number of hydrogen-bond acceptors (Lipinski definition) is 1. The van der Waals surface area contributed by atoms with Crippen LogP contribution in [0.15, 0.2) is 0 Å². The van der Waals surface area contributed by atoms with Gasteiger partial charge in [-0.05, 0) is 12.8 Å². The summed E-state index contributed by atoms with van der Waals surface area (Å²) in [6, 6.07) is 0. The Morgan fingerprint density at radius 3 is 2.00 bits per heavy atom. The third kappa shape index (κ3) is 1.97. The predicted octanol–water partition coefficient (Wildman–Crippen LogP) is 2.66. The van der Waals surface area contributed by atoms with E-state index in [4.69, 9.17) is 0 Å². The van der Waals surface area contributed by atoms with Crippen molar-refractivity contribution in [2.75, 3.05) is 0 Å². The van der Waals surface area contributed by atoms with E-state index in [0.29, 0.717) is 0 Å². The maximum atomic E-state index is 12.7. The van der Waals surface area contributed by atoms with Crippen molar-refractivity contribution in [3.63, 3.8) is 0 Å². The molecule has 0 saturated heterocycles. The molecule has 0 unspecified atom stereocenters. The number of rotatable bonds is 1. The SMILES string of the molecule is CC1(C(=O)S)CCC(F)(F)CC1. The van der Waals surface area contributed by atoms with Crippen LogP contribution in [0.2, 0.25) is 0 Å². The van der Waals surface area contributed by atoms with Gasteiger partial charge in [-0.1, -0.05) is 6.92 Å². The molecule has 1 nitrogen and oxygen atoms in total. The molecule has 4 heteroatoms. The average Bonchev–Trinajstić information content (AvgIpc) is 1.96. The standard InChI is InChI=1S/C8H12F2OS/c1-7(6(11)12)2-4-8(9,10)5-3-7/h2-5H2,1H3,(H,11,12). The molecule has 0 aromatic carbocycles. The van der Waals surface area contributed by atoms with Gasteiger partial charge >= 0.3 is 0 Å². The van der Waals surface area contributed by atoms with Crippen molar-refractivity contribution in [1.29, 1.82) is 0 Å². The maximum Gasteiger partial charge on any atom is 0.248 e. The molecule has 0 bridgehead atoms. The normalized spacial score (nSPS) is 26.7. The van der Waals surface area contributed by atoms with Crippen LogP contribution in [0.3, 0.4) is 0 Å². The van der Waals surface area contributed by atoms with E-state index in [-0.39, 0.29) is 30.8 Å². The Balaban J connectivity index is 2.62. The molecule has 0 aromatic rings. The zero-order valence-electron chi connectivity index (χ0n) is 6.94. The first-order valence-corrected chi connectivity index (χ1v) is 4.42. The monoisotopic (exact) mass is 194 g/mol. The molecule has 0 radical (unpaired) electrons. The second-order valence-electron chi connectivity index (χ2n) is 3.72. The second-order valence-corrected chi connectivity index (χ2v) is 4.13. The van der Waals surface area contributed by atoms with E-state index in [2.05, 4.69) is 12.6 Å². The van der Waals surface area contributed by atoms with E-state index in [9.17, 15) is 13.6 Å². The maximum absolute atomic E-state index is 12.7. The quantitative estimate of drug-likeness (QED) is 0.635. The fourth-order valence-electron chi connectivity index (χ4n) is 1.38. The van der Waals surface area contributed by atoms with Crippen molar-refractivity contribution in [3.05, 3.63) is 0 Å². The van der Waals surface area contributed by atoms with Gasteiger partial charge in [0.2, 0.25) is 5.92 Å². The zero-order chi connectivity index (χ0) is 9.41. The summed E-state index contributed by atoms with van der Waals surface area (Å²) in [5.74, 6) is -2.57. The van der Waals surface area contributed by atoms with Gasteiger partial charge in [0.1, 0.15) is 0 Å². The van der Waals surface area contributed by atoms with E-state index >= 15 is 0 Å². The highest BCUT2D eigenvalue weighted by molar-refractivity contribution is 7.96. The molecule has 0 heterocycles. The van der Waals surface area contributed by atoms with Gasteiger partial charge in [-0.25, -0.2) is 8.78 Å². The van der Waals surface area contributed by atoms with E-state index in [1.807, 2.05) is 0 Å². The molecule has 1 aliphatic carbocycles. The number of thiol groups is 1. The fourth-order valence-corrected chi connectivity index (χ4v) is 1.61.